The van der Waals surface area contributed by atoms with E-state index in [9.17, 15) is 4.79 Å². The lowest BCUT2D eigenvalue weighted by molar-refractivity contribution is 0.0696. The van der Waals surface area contributed by atoms with Crippen LogP contribution < -0.4 is 5.32 Å². The summed E-state index contributed by atoms with van der Waals surface area (Å²) in [6.45, 7) is 1.35. The van der Waals surface area contributed by atoms with Crippen molar-refractivity contribution < 1.29 is 9.90 Å². The van der Waals surface area contributed by atoms with Crippen molar-refractivity contribution in [3.63, 3.8) is 0 Å². The maximum Gasteiger partial charge on any atom is 0.337 e. The zero-order valence-corrected chi connectivity index (χ0v) is 11.7. The Labute approximate surface area is 119 Å². The summed E-state index contributed by atoms with van der Waals surface area (Å²) in [5, 5.41) is 12.0. The van der Waals surface area contributed by atoms with Gasteiger partial charge in [0.1, 0.15) is 0 Å². The molecule has 0 radical (unpaired) electrons. The average Bonchev–Trinajstić information content (AvgIpc) is 2.41. The fourth-order valence-electron chi connectivity index (χ4n) is 1.59. The van der Waals surface area contributed by atoms with Crippen LogP contribution in [0, 0.1) is 0 Å². The summed E-state index contributed by atoms with van der Waals surface area (Å²) in [5.41, 5.74) is 2.21. The van der Waals surface area contributed by atoms with Crippen molar-refractivity contribution in [3.05, 3.63) is 63.9 Å². The molecule has 0 aliphatic heterocycles. The van der Waals surface area contributed by atoms with Crippen LogP contribution in [0.15, 0.2) is 47.1 Å². The van der Waals surface area contributed by atoms with Gasteiger partial charge >= 0.3 is 5.97 Å². The highest BCUT2D eigenvalue weighted by Gasteiger charge is 2.02. The molecule has 1 aromatic heterocycles. The third-order valence-electron chi connectivity index (χ3n) is 2.62. The molecule has 1 heterocycles. The Bertz CT molecular complexity index is 553. The summed E-state index contributed by atoms with van der Waals surface area (Å²) in [6.07, 6.45) is 1.37. The number of hydrogen-bond donors (Lipinski definition) is 2. The van der Waals surface area contributed by atoms with Gasteiger partial charge in [-0.1, -0.05) is 28.1 Å². The van der Waals surface area contributed by atoms with Crippen molar-refractivity contribution >= 4 is 21.9 Å². The lowest BCUT2D eigenvalue weighted by Crippen LogP contribution is -2.13. The lowest BCUT2D eigenvalue weighted by atomic mass is 10.2. The highest BCUT2D eigenvalue weighted by molar-refractivity contribution is 9.10. The first-order chi connectivity index (χ1) is 9.15. The average molecular weight is 321 g/mol. The Morgan fingerprint density at radius 2 is 1.89 bits per heavy atom. The van der Waals surface area contributed by atoms with Crippen molar-refractivity contribution in [1.29, 1.82) is 0 Å². The van der Waals surface area contributed by atoms with E-state index in [1.165, 1.54) is 11.8 Å². The highest BCUT2D eigenvalue weighted by atomic mass is 79.9. The Balaban J connectivity index is 1.85. The molecule has 2 rings (SSSR count). The number of nitrogens with one attached hydrogen (secondary N) is 1. The van der Waals surface area contributed by atoms with Crippen molar-refractivity contribution in [2.45, 2.75) is 13.1 Å². The van der Waals surface area contributed by atoms with Crippen LogP contribution in [0.2, 0.25) is 0 Å². The van der Waals surface area contributed by atoms with E-state index in [-0.39, 0.29) is 5.56 Å². The van der Waals surface area contributed by atoms with Crippen LogP contribution in [0.5, 0.6) is 0 Å². The molecule has 0 aliphatic rings. The van der Waals surface area contributed by atoms with Crippen molar-refractivity contribution in [3.8, 4) is 0 Å². The molecule has 0 saturated carbocycles. The van der Waals surface area contributed by atoms with Crippen LogP contribution in [0.1, 0.15) is 21.6 Å². The molecule has 0 amide bonds. The first-order valence-electron chi connectivity index (χ1n) is 5.78. The van der Waals surface area contributed by atoms with Gasteiger partial charge in [-0.15, -0.1) is 0 Å². The second-order valence-electron chi connectivity index (χ2n) is 4.07. The molecular weight excluding hydrogens is 308 g/mol. The molecule has 0 saturated heterocycles. The maximum atomic E-state index is 10.7. The van der Waals surface area contributed by atoms with Gasteiger partial charge in [0.15, 0.2) is 0 Å². The number of halogens is 1. The van der Waals surface area contributed by atoms with Crippen LogP contribution in [-0.2, 0) is 13.1 Å². The fraction of sp³-hybridized carbons (Fsp3) is 0.143. The number of carbonyl (C=O) groups is 1. The summed E-state index contributed by atoms with van der Waals surface area (Å²) in [6, 6.07) is 11.4. The number of benzene rings is 1. The predicted octanol–water partition coefficient (Wildman–Crippen LogP) is 2.83. The van der Waals surface area contributed by atoms with Crippen LogP contribution in [0.4, 0.5) is 0 Å². The van der Waals surface area contributed by atoms with E-state index in [2.05, 4.69) is 26.2 Å². The van der Waals surface area contributed by atoms with Gasteiger partial charge in [-0.25, -0.2) is 4.79 Å². The van der Waals surface area contributed by atoms with Crippen LogP contribution in [0.3, 0.4) is 0 Å². The molecule has 98 valence electrons. The van der Waals surface area contributed by atoms with E-state index in [4.69, 9.17) is 5.11 Å². The van der Waals surface area contributed by atoms with Gasteiger partial charge in [0.05, 0.1) is 11.3 Å². The first kappa shape index (κ1) is 13.7. The largest absolute Gasteiger partial charge is 0.478 e. The number of rotatable bonds is 5. The van der Waals surface area contributed by atoms with Gasteiger partial charge in [0.25, 0.3) is 0 Å². The van der Waals surface area contributed by atoms with E-state index in [0.717, 1.165) is 16.7 Å². The van der Waals surface area contributed by atoms with E-state index in [1.54, 1.807) is 12.1 Å². The smallest absolute Gasteiger partial charge is 0.337 e. The molecule has 19 heavy (non-hydrogen) atoms. The van der Waals surface area contributed by atoms with Gasteiger partial charge in [-0.3, -0.25) is 4.98 Å². The molecule has 1 aromatic carbocycles. The number of aromatic nitrogens is 1. The SMILES string of the molecule is O=C(O)c1ccc(CNCc2ccc(Br)cc2)nc1. The fourth-order valence-corrected chi connectivity index (χ4v) is 1.86. The number of hydrogen-bond acceptors (Lipinski definition) is 3. The summed E-state index contributed by atoms with van der Waals surface area (Å²) in [4.78, 5) is 14.8. The van der Waals surface area contributed by atoms with E-state index in [1.807, 2.05) is 24.3 Å². The summed E-state index contributed by atoms with van der Waals surface area (Å²) >= 11 is 3.39. The van der Waals surface area contributed by atoms with Gasteiger partial charge in [-0.2, -0.15) is 0 Å². The number of aromatic carboxylic acids is 1. The summed E-state index contributed by atoms with van der Waals surface area (Å²) in [5.74, 6) is -0.957. The number of nitrogens with zero attached hydrogens (tertiary/aromatic N) is 1. The van der Waals surface area contributed by atoms with Crippen LogP contribution in [-0.4, -0.2) is 16.1 Å². The number of carboxylic acids is 1. The Kier molecular flexibility index (Phi) is 4.65. The number of pyridine rings is 1. The standard InChI is InChI=1S/C14H13BrN2O2/c15-12-4-1-10(2-5-12)7-16-9-13-6-3-11(8-17-13)14(18)19/h1-6,8,16H,7,9H2,(H,18,19). The normalized spacial score (nSPS) is 10.4. The second kappa shape index (κ2) is 6.45. The highest BCUT2D eigenvalue weighted by Crippen LogP contribution is 2.10. The zero-order valence-electron chi connectivity index (χ0n) is 10.1. The van der Waals surface area contributed by atoms with E-state index < -0.39 is 5.97 Å². The first-order valence-corrected chi connectivity index (χ1v) is 6.58. The minimum absolute atomic E-state index is 0.205. The van der Waals surface area contributed by atoms with Crippen molar-refractivity contribution in [2.75, 3.05) is 0 Å². The van der Waals surface area contributed by atoms with E-state index >= 15 is 0 Å². The van der Waals surface area contributed by atoms with Crippen molar-refractivity contribution in [1.82, 2.24) is 10.3 Å². The third kappa shape index (κ3) is 4.15. The van der Waals surface area contributed by atoms with Gasteiger partial charge in [0.2, 0.25) is 0 Å². The molecule has 0 spiro atoms. The molecule has 0 bridgehead atoms. The van der Waals surface area contributed by atoms with E-state index in [0.29, 0.717) is 6.54 Å². The molecule has 2 N–H and O–H groups in total. The van der Waals surface area contributed by atoms with Gasteiger partial charge in [-0.05, 0) is 29.8 Å². The zero-order chi connectivity index (χ0) is 13.7. The Morgan fingerprint density at radius 3 is 2.47 bits per heavy atom. The quantitative estimate of drug-likeness (QED) is 0.889. The molecular formula is C14H13BrN2O2. The maximum absolute atomic E-state index is 10.7. The Hall–Kier alpha value is -1.72. The van der Waals surface area contributed by atoms with Crippen molar-refractivity contribution in [2.24, 2.45) is 0 Å². The third-order valence-corrected chi connectivity index (χ3v) is 3.15. The lowest BCUT2D eigenvalue weighted by Gasteiger charge is -2.05. The molecule has 0 atom stereocenters. The van der Waals surface area contributed by atoms with Gasteiger partial charge in [0, 0.05) is 23.8 Å². The summed E-state index contributed by atoms with van der Waals surface area (Å²) < 4.78 is 1.06. The molecule has 0 aliphatic carbocycles. The van der Waals surface area contributed by atoms with Gasteiger partial charge < -0.3 is 10.4 Å². The minimum atomic E-state index is -0.957. The second-order valence-corrected chi connectivity index (χ2v) is 4.99. The predicted molar refractivity (Wildman–Crippen MR) is 75.9 cm³/mol. The molecule has 0 unspecified atom stereocenters. The monoisotopic (exact) mass is 320 g/mol. The molecule has 4 nitrogen and oxygen atoms in total. The molecule has 0 fully saturated rings. The van der Waals surface area contributed by atoms with Crippen LogP contribution >= 0.6 is 15.9 Å². The topological polar surface area (TPSA) is 62.2 Å². The minimum Gasteiger partial charge on any atom is -0.478 e. The Morgan fingerprint density at radius 1 is 1.16 bits per heavy atom. The number of carboxylic acid groups (broad SMARTS) is 1. The van der Waals surface area contributed by atoms with Crippen LogP contribution in [0.25, 0.3) is 0 Å². The molecule has 5 heteroatoms. The molecule has 2 aromatic rings. The summed E-state index contributed by atoms with van der Waals surface area (Å²) in [7, 11) is 0.